The van der Waals surface area contributed by atoms with E-state index in [0.717, 1.165) is 38.6 Å². The van der Waals surface area contributed by atoms with Crippen molar-refractivity contribution in [2.24, 2.45) is 16.6 Å². The third-order valence-corrected chi connectivity index (χ3v) is 5.85. The predicted molar refractivity (Wildman–Crippen MR) is 88.5 cm³/mol. The predicted octanol–water partition coefficient (Wildman–Crippen LogP) is 3.50. The highest BCUT2D eigenvalue weighted by Crippen LogP contribution is 2.53. The van der Waals surface area contributed by atoms with Gasteiger partial charge in [0.15, 0.2) is 0 Å². The Morgan fingerprint density at radius 3 is 2.33 bits per heavy atom. The average molecular weight is 315 g/mol. The first-order chi connectivity index (χ1) is 9.23. The zero-order valence-corrected chi connectivity index (χ0v) is 14.6. The van der Waals surface area contributed by atoms with Gasteiger partial charge in [0.2, 0.25) is 5.91 Å². The fourth-order valence-electron chi connectivity index (χ4n) is 5.38. The van der Waals surface area contributed by atoms with E-state index >= 15 is 0 Å². The van der Waals surface area contributed by atoms with Crippen molar-refractivity contribution in [3.05, 3.63) is 0 Å². The zero-order valence-electron chi connectivity index (χ0n) is 13.8. The van der Waals surface area contributed by atoms with Crippen molar-refractivity contribution in [3.63, 3.8) is 0 Å². The third-order valence-electron chi connectivity index (χ3n) is 5.85. The summed E-state index contributed by atoms with van der Waals surface area (Å²) in [4.78, 5) is 15.2. The lowest BCUT2D eigenvalue weighted by Gasteiger charge is -2.40. The van der Waals surface area contributed by atoms with Crippen LogP contribution in [0, 0.1) is 10.8 Å². The van der Waals surface area contributed by atoms with Crippen molar-refractivity contribution < 1.29 is 4.79 Å². The SMILES string of the molecule is CC1(C)CC2CC(C)(CN2C(=O)C2(N)CCCCC2)C1.Cl. The molecule has 3 nitrogen and oxygen atoms in total. The van der Waals surface area contributed by atoms with Crippen LogP contribution in [0.25, 0.3) is 0 Å². The van der Waals surface area contributed by atoms with Gasteiger partial charge in [-0.15, -0.1) is 12.4 Å². The van der Waals surface area contributed by atoms with Crippen molar-refractivity contribution in [2.45, 2.75) is 83.7 Å². The van der Waals surface area contributed by atoms with Gasteiger partial charge in [0.05, 0.1) is 5.54 Å². The zero-order chi connectivity index (χ0) is 14.6. The number of hydrogen-bond donors (Lipinski definition) is 1. The summed E-state index contributed by atoms with van der Waals surface area (Å²) in [6.07, 6.45) is 8.79. The van der Waals surface area contributed by atoms with Gasteiger partial charge in [0.25, 0.3) is 0 Å². The Bertz CT molecular complexity index is 417. The first-order valence-corrected chi connectivity index (χ1v) is 8.33. The Balaban J connectivity index is 0.00000161. The van der Waals surface area contributed by atoms with Crippen LogP contribution in [0.5, 0.6) is 0 Å². The molecular formula is C17H31ClN2O. The molecule has 3 fully saturated rings. The second kappa shape index (κ2) is 5.42. The van der Waals surface area contributed by atoms with Crippen LogP contribution in [-0.2, 0) is 4.79 Å². The summed E-state index contributed by atoms with van der Waals surface area (Å²) in [6, 6.07) is 0.429. The summed E-state index contributed by atoms with van der Waals surface area (Å²) in [5.41, 5.74) is 6.60. The van der Waals surface area contributed by atoms with Gasteiger partial charge in [-0.1, -0.05) is 40.0 Å². The van der Waals surface area contributed by atoms with Crippen molar-refractivity contribution in [3.8, 4) is 0 Å². The van der Waals surface area contributed by atoms with Gasteiger partial charge in [-0.2, -0.15) is 0 Å². The lowest BCUT2D eigenvalue weighted by Crippen LogP contribution is -2.57. The van der Waals surface area contributed by atoms with E-state index in [1.54, 1.807) is 0 Å². The van der Waals surface area contributed by atoms with Crippen LogP contribution in [0.3, 0.4) is 0 Å². The summed E-state index contributed by atoms with van der Waals surface area (Å²) in [6.45, 7) is 7.99. The molecule has 2 bridgehead atoms. The number of nitrogens with zero attached hydrogens (tertiary/aromatic N) is 1. The lowest BCUT2D eigenvalue weighted by atomic mass is 9.65. The second-order valence-corrected chi connectivity index (χ2v) is 8.86. The molecule has 2 saturated carbocycles. The minimum Gasteiger partial charge on any atom is -0.338 e. The number of nitrogens with two attached hydrogens (primary N) is 1. The van der Waals surface area contributed by atoms with E-state index < -0.39 is 5.54 Å². The molecular weight excluding hydrogens is 284 g/mol. The van der Waals surface area contributed by atoms with Gasteiger partial charge in [-0.05, 0) is 42.9 Å². The first-order valence-electron chi connectivity index (χ1n) is 8.33. The summed E-state index contributed by atoms with van der Waals surface area (Å²) in [5, 5.41) is 0. The average Bonchev–Trinajstić information content (AvgIpc) is 2.58. The first kappa shape index (κ1) is 17.1. The van der Waals surface area contributed by atoms with Crippen molar-refractivity contribution >= 4 is 18.3 Å². The monoisotopic (exact) mass is 314 g/mol. The Kier molecular flexibility index (Phi) is 4.41. The highest BCUT2D eigenvalue weighted by atomic mass is 35.5. The van der Waals surface area contributed by atoms with E-state index in [1.807, 2.05) is 0 Å². The number of rotatable bonds is 1. The molecule has 1 heterocycles. The maximum absolute atomic E-state index is 13.0. The smallest absolute Gasteiger partial charge is 0.242 e. The Labute approximate surface area is 135 Å². The minimum absolute atomic E-state index is 0. The van der Waals surface area contributed by atoms with Crippen molar-refractivity contribution in [1.82, 2.24) is 4.90 Å². The summed E-state index contributed by atoms with van der Waals surface area (Å²) in [5.74, 6) is 0.253. The maximum atomic E-state index is 13.0. The molecule has 1 amide bonds. The molecule has 3 aliphatic rings. The molecule has 2 N–H and O–H groups in total. The highest BCUT2D eigenvalue weighted by molar-refractivity contribution is 5.87. The molecule has 0 aromatic carbocycles. The molecule has 4 heteroatoms. The number of hydrogen-bond acceptors (Lipinski definition) is 2. The highest BCUT2D eigenvalue weighted by Gasteiger charge is 2.53. The molecule has 0 aromatic rings. The molecule has 0 spiro atoms. The van der Waals surface area contributed by atoms with E-state index in [1.165, 1.54) is 19.3 Å². The maximum Gasteiger partial charge on any atom is 0.242 e. The fraction of sp³-hybridized carbons (Fsp3) is 0.941. The minimum atomic E-state index is -0.559. The lowest BCUT2D eigenvalue weighted by molar-refractivity contribution is -0.139. The van der Waals surface area contributed by atoms with E-state index in [9.17, 15) is 4.79 Å². The van der Waals surface area contributed by atoms with Crippen LogP contribution in [0.2, 0.25) is 0 Å². The molecule has 2 atom stereocenters. The van der Waals surface area contributed by atoms with Crippen LogP contribution in [0.4, 0.5) is 0 Å². The topological polar surface area (TPSA) is 46.3 Å². The molecule has 0 aromatic heterocycles. The molecule has 2 unspecified atom stereocenters. The Morgan fingerprint density at radius 1 is 1.10 bits per heavy atom. The fourth-order valence-corrected chi connectivity index (χ4v) is 5.38. The summed E-state index contributed by atoms with van der Waals surface area (Å²) >= 11 is 0. The van der Waals surface area contributed by atoms with E-state index in [0.29, 0.717) is 16.9 Å². The van der Waals surface area contributed by atoms with Crippen LogP contribution < -0.4 is 5.73 Å². The standard InChI is InChI=1S/C17H30N2O.ClH/c1-15(2)9-13-10-16(3,11-15)12-19(13)14(20)17(18)7-5-4-6-8-17;/h13H,4-12,18H2,1-3H3;1H. The van der Waals surface area contributed by atoms with E-state index in [4.69, 9.17) is 5.73 Å². The van der Waals surface area contributed by atoms with Gasteiger partial charge in [-0.25, -0.2) is 0 Å². The largest absolute Gasteiger partial charge is 0.338 e. The molecule has 0 radical (unpaired) electrons. The van der Waals surface area contributed by atoms with Crippen LogP contribution in [-0.4, -0.2) is 28.9 Å². The molecule has 1 saturated heterocycles. The number of carbonyl (C=O) groups is 1. The number of amides is 1. The third kappa shape index (κ3) is 3.10. The molecule has 21 heavy (non-hydrogen) atoms. The van der Waals surface area contributed by atoms with Crippen molar-refractivity contribution in [1.29, 1.82) is 0 Å². The van der Waals surface area contributed by atoms with Crippen LogP contribution in [0.1, 0.15) is 72.1 Å². The normalized spacial score (nSPS) is 37.0. The van der Waals surface area contributed by atoms with Gasteiger partial charge in [0, 0.05) is 12.6 Å². The molecule has 122 valence electrons. The Morgan fingerprint density at radius 2 is 1.71 bits per heavy atom. The molecule has 2 aliphatic carbocycles. The number of halogens is 1. The van der Waals surface area contributed by atoms with Gasteiger partial charge in [-0.3, -0.25) is 4.79 Å². The Hall–Kier alpha value is -0.280. The van der Waals surface area contributed by atoms with Gasteiger partial charge in [0.1, 0.15) is 0 Å². The summed E-state index contributed by atoms with van der Waals surface area (Å²) in [7, 11) is 0. The van der Waals surface area contributed by atoms with Crippen LogP contribution >= 0.6 is 12.4 Å². The number of carbonyl (C=O) groups excluding carboxylic acids is 1. The van der Waals surface area contributed by atoms with Gasteiger partial charge < -0.3 is 10.6 Å². The molecule has 3 rings (SSSR count). The van der Waals surface area contributed by atoms with E-state index in [-0.39, 0.29) is 18.3 Å². The van der Waals surface area contributed by atoms with Crippen LogP contribution in [0.15, 0.2) is 0 Å². The number of likely N-dealkylation sites (tertiary alicyclic amines) is 1. The second-order valence-electron chi connectivity index (χ2n) is 8.86. The van der Waals surface area contributed by atoms with Gasteiger partial charge >= 0.3 is 0 Å². The summed E-state index contributed by atoms with van der Waals surface area (Å²) < 4.78 is 0. The van der Waals surface area contributed by atoms with E-state index in [2.05, 4.69) is 25.7 Å². The quantitative estimate of drug-likeness (QED) is 0.805. The number of fused-ring (bicyclic) bond motifs is 2. The van der Waals surface area contributed by atoms with Crippen molar-refractivity contribution in [2.75, 3.05) is 6.54 Å². The molecule has 1 aliphatic heterocycles.